The van der Waals surface area contributed by atoms with Crippen molar-refractivity contribution in [3.8, 4) is 0 Å². The van der Waals surface area contributed by atoms with Crippen molar-refractivity contribution >= 4 is 34.2 Å². The molecule has 0 saturated heterocycles. The first kappa shape index (κ1) is 24.5. The van der Waals surface area contributed by atoms with E-state index in [1.165, 1.54) is 25.8 Å². The van der Waals surface area contributed by atoms with Crippen LogP contribution in [0.5, 0.6) is 0 Å². The summed E-state index contributed by atoms with van der Waals surface area (Å²) in [4.78, 5) is 31.9. The molecule has 184 valence electrons. The Hall–Kier alpha value is -3.86. The number of ketones is 2. The summed E-state index contributed by atoms with van der Waals surface area (Å²) in [6, 6.07) is 38.9. The number of carbonyl (C=O) groups excluding carboxylic acids is 2. The standard InChI is InChI=1S/C34H25O2S2/c1-22-7-14-26(15-8-22)38(27-16-9-23(2)10-17-27)28-18-11-24(12-19-28)37-25-13-20-31-32(21-25)34(36)30-6-4-3-5-29(30)33(31)35/h3-21H,1-2H3/q+1. The highest BCUT2D eigenvalue weighted by Gasteiger charge is 2.30. The molecule has 5 aromatic carbocycles. The van der Waals surface area contributed by atoms with Crippen molar-refractivity contribution in [1.29, 1.82) is 0 Å². The number of hydrogen-bond acceptors (Lipinski definition) is 3. The van der Waals surface area contributed by atoms with Crippen LogP contribution in [-0.2, 0) is 10.9 Å². The normalized spacial score (nSPS) is 12.4. The molecule has 0 amide bonds. The van der Waals surface area contributed by atoms with Gasteiger partial charge in [0.15, 0.2) is 26.3 Å². The second-order valence-electron chi connectivity index (χ2n) is 9.42. The van der Waals surface area contributed by atoms with Crippen molar-refractivity contribution in [1.82, 2.24) is 0 Å². The highest BCUT2D eigenvalue weighted by atomic mass is 32.2. The number of benzene rings is 5. The largest absolute Gasteiger partial charge is 0.289 e. The molecule has 0 spiro atoms. The highest BCUT2D eigenvalue weighted by Crippen LogP contribution is 2.36. The van der Waals surface area contributed by atoms with E-state index >= 15 is 0 Å². The summed E-state index contributed by atoms with van der Waals surface area (Å²) in [6.45, 7) is 4.23. The van der Waals surface area contributed by atoms with E-state index in [9.17, 15) is 9.59 Å². The smallest absolute Gasteiger partial charge is 0.194 e. The van der Waals surface area contributed by atoms with Crippen molar-refractivity contribution in [2.24, 2.45) is 0 Å². The summed E-state index contributed by atoms with van der Waals surface area (Å²) in [5.41, 5.74) is 4.43. The van der Waals surface area contributed by atoms with E-state index in [0.717, 1.165) is 9.79 Å². The fourth-order valence-corrected chi connectivity index (χ4v) is 7.58. The summed E-state index contributed by atoms with van der Waals surface area (Å²) < 4.78 is 0. The van der Waals surface area contributed by atoms with Crippen LogP contribution in [0.25, 0.3) is 0 Å². The summed E-state index contributed by atoms with van der Waals surface area (Å²) in [5.74, 6) is -0.177. The van der Waals surface area contributed by atoms with Gasteiger partial charge in [0.25, 0.3) is 0 Å². The Bertz CT molecular complexity index is 1620. The average Bonchev–Trinajstić information content (AvgIpc) is 2.95. The maximum absolute atomic E-state index is 13.1. The van der Waals surface area contributed by atoms with E-state index in [0.29, 0.717) is 22.3 Å². The lowest BCUT2D eigenvalue weighted by atomic mass is 9.84. The average molecular weight is 530 g/mol. The topological polar surface area (TPSA) is 34.1 Å². The van der Waals surface area contributed by atoms with E-state index in [2.05, 4.69) is 86.6 Å². The minimum absolute atomic E-state index is 0.0876. The van der Waals surface area contributed by atoms with Gasteiger partial charge in [-0.1, -0.05) is 71.4 Å². The van der Waals surface area contributed by atoms with Crippen molar-refractivity contribution in [3.05, 3.63) is 149 Å². The molecule has 0 fully saturated rings. The number of rotatable bonds is 5. The van der Waals surface area contributed by atoms with Crippen LogP contribution in [0.2, 0.25) is 0 Å². The first-order chi connectivity index (χ1) is 18.5. The molecule has 6 rings (SSSR count). The lowest BCUT2D eigenvalue weighted by Crippen LogP contribution is -2.20. The van der Waals surface area contributed by atoms with E-state index in [-0.39, 0.29) is 22.5 Å². The lowest BCUT2D eigenvalue weighted by molar-refractivity contribution is 0.0979. The van der Waals surface area contributed by atoms with Gasteiger partial charge in [0.05, 0.1) is 10.9 Å². The molecule has 1 aliphatic carbocycles. The van der Waals surface area contributed by atoms with Crippen molar-refractivity contribution < 1.29 is 9.59 Å². The lowest BCUT2D eigenvalue weighted by Gasteiger charge is -2.18. The van der Waals surface area contributed by atoms with Gasteiger partial charge in [-0.2, -0.15) is 0 Å². The Balaban J connectivity index is 1.29. The van der Waals surface area contributed by atoms with Gasteiger partial charge in [-0.25, -0.2) is 0 Å². The van der Waals surface area contributed by atoms with Crippen LogP contribution in [0, 0.1) is 13.8 Å². The summed E-state index contributed by atoms with van der Waals surface area (Å²) in [6.07, 6.45) is 0. The van der Waals surface area contributed by atoms with Gasteiger partial charge < -0.3 is 0 Å². The number of aryl methyl sites for hydroxylation is 2. The zero-order valence-electron chi connectivity index (χ0n) is 21.1. The fourth-order valence-electron chi connectivity index (χ4n) is 4.68. The molecule has 0 atom stereocenters. The second-order valence-corrected chi connectivity index (χ2v) is 12.6. The Morgan fingerprint density at radius 2 is 0.895 bits per heavy atom. The third-order valence-electron chi connectivity index (χ3n) is 6.71. The zero-order valence-corrected chi connectivity index (χ0v) is 22.7. The highest BCUT2D eigenvalue weighted by molar-refractivity contribution is 7.99. The molecule has 0 radical (unpaired) electrons. The van der Waals surface area contributed by atoms with Gasteiger partial charge in [0.1, 0.15) is 0 Å². The number of fused-ring (bicyclic) bond motifs is 2. The summed E-state index contributed by atoms with van der Waals surface area (Å²) >= 11 is 1.60. The van der Waals surface area contributed by atoms with Gasteiger partial charge in [-0.3, -0.25) is 9.59 Å². The van der Waals surface area contributed by atoms with Crippen LogP contribution in [0.3, 0.4) is 0 Å². The van der Waals surface area contributed by atoms with Crippen molar-refractivity contribution in [2.75, 3.05) is 0 Å². The minimum atomic E-state index is -0.209. The monoisotopic (exact) mass is 529 g/mol. The van der Waals surface area contributed by atoms with Crippen LogP contribution in [-0.4, -0.2) is 11.6 Å². The van der Waals surface area contributed by atoms with E-state index in [1.807, 2.05) is 12.1 Å². The zero-order chi connectivity index (χ0) is 26.2. The molecule has 0 aromatic heterocycles. The first-order valence-corrected chi connectivity index (χ1v) is 14.5. The van der Waals surface area contributed by atoms with Crippen molar-refractivity contribution in [2.45, 2.75) is 38.3 Å². The third kappa shape index (κ3) is 4.62. The molecule has 0 bridgehead atoms. The molecule has 2 nitrogen and oxygen atoms in total. The molecular weight excluding hydrogens is 505 g/mol. The third-order valence-corrected chi connectivity index (χ3v) is 9.93. The molecule has 0 unspecified atom stereocenters. The Morgan fingerprint density at radius 3 is 1.42 bits per heavy atom. The van der Waals surface area contributed by atoms with Crippen LogP contribution < -0.4 is 0 Å². The molecule has 0 saturated carbocycles. The van der Waals surface area contributed by atoms with Crippen molar-refractivity contribution in [3.63, 3.8) is 0 Å². The molecule has 0 N–H and O–H groups in total. The number of carbonyl (C=O) groups is 2. The Morgan fingerprint density at radius 1 is 0.474 bits per heavy atom. The van der Waals surface area contributed by atoms with Crippen LogP contribution in [0.4, 0.5) is 0 Å². The maximum atomic E-state index is 13.1. The van der Waals surface area contributed by atoms with Gasteiger partial charge >= 0.3 is 0 Å². The molecule has 0 aliphatic heterocycles. The first-order valence-electron chi connectivity index (χ1n) is 12.5. The van der Waals surface area contributed by atoms with Gasteiger partial charge in [-0.05, 0) is 80.6 Å². The Kier molecular flexibility index (Phi) is 6.52. The van der Waals surface area contributed by atoms with Gasteiger partial charge in [0.2, 0.25) is 0 Å². The molecule has 4 heteroatoms. The molecule has 1 aliphatic rings. The van der Waals surface area contributed by atoms with E-state index in [1.54, 1.807) is 42.1 Å². The predicted molar refractivity (Wildman–Crippen MR) is 155 cm³/mol. The Labute approximate surface area is 230 Å². The molecular formula is C34H25O2S2+. The molecule has 0 heterocycles. The number of hydrogen-bond donors (Lipinski definition) is 0. The quantitative estimate of drug-likeness (QED) is 0.211. The van der Waals surface area contributed by atoms with E-state index < -0.39 is 0 Å². The molecule has 5 aromatic rings. The second kappa shape index (κ2) is 10.1. The summed E-state index contributed by atoms with van der Waals surface area (Å²) in [7, 11) is -0.209. The SMILES string of the molecule is Cc1ccc([S+](c2ccc(C)cc2)c2ccc(Sc3ccc4c(c3)C(=O)c3ccccc3C4=O)cc2)cc1. The van der Waals surface area contributed by atoms with Gasteiger partial charge in [0, 0.05) is 32.0 Å². The maximum Gasteiger partial charge on any atom is 0.194 e. The molecule has 38 heavy (non-hydrogen) atoms. The van der Waals surface area contributed by atoms with Crippen LogP contribution in [0.15, 0.2) is 140 Å². The van der Waals surface area contributed by atoms with E-state index in [4.69, 9.17) is 0 Å². The minimum Gasteiger partial charge on any atom is -0.289 e. The summed E-state index contributed by atoms with van der Waals surface area (Å²) in [5, 5.41) is 0. The van der Waals surface area contributed by atoms with Crippen LogP contribution >= 0.6 is 11.8 Å². The van der Waals surface area contributed by atoms with Crippen LogP contribution in [0.1, 0.15) is 43.0 Å². The fraction of sp³-hybridized carbons (Fsp3) is 0.0588. The predicted octanol–water partition coefficient (Wildman–Crippen LogP) is 8.33. The van der Waals surface area contributed by atoms with Gasteiger partial charge in [-0.15, -0.1) is 0 Å².